The first kappa shape index (κ1) is 19.2. The van der Waals surface area contributed by atoms with Crippen LogP contribution >= 0.6 is 0 Å². The Morgan fingerprint density at radius 1 is 0.579 bits per heavy atom. The van der Waals surface area contributed by atoms with Crippen LogP contribution in [0.4, 0.5) is 0 Å². The van der Waals surface area contributed by atoms with Crippen molar-refractivity contribution < 1.29 is 0 Å². The van der Waals surface area contributed by atoms with Crippen LogP contribution < -0.4 is 0 Å². The highest BCUT2D eigenvalue weighted by Gasteiger charge is 2.38. The highest BCUT2D eigenvalue weighted by Crippen LogP contribution is 2.51. The zero-order valence-corrected chi connectivity index (χ0v) is 20.9. The van der Waals surface area contributed by atoms with Crippen LogP contribution in [0.15, 0.2) is 91.0 Å². The van der Waals surface area contributed by atoms with E-state index in [0.717, 1.165) is 50.2 Å². The first-order valence-electron chi connectivity index (χ1n) is 13.1. The van der Waals surface area contributed by atoms with E-state index in [1.54, 1.807) is 0 Å². The van der Waals surface area contributed by atoms with Gasteiger partial charge in [-0.3, -0.25) is 8.80 Å². The van der Waals surface area contributed by atoms with Gasteiger partial charge in [-0.25, -0.2) is 14.4 Å². The summed E-state index contributed by atoms with van der Waals surface area (Å²) < 4.78 is 6.89. The third-order valence-corrected chi connectivity index (χ3v) is 8.93. The van der Waals surface area contributed by atoms with Gasteiger partial charge in [-0.1, -0.05) is 74.5 Å². The molecule has 5 nitrogen and oxygen atoms in total. The summed E-state index contributed by atoms with van der Waals surface area (Å²) in [5.74, 6) is 1.83. The van der Waals surface area contributed by atoms with E-state index in [1.807, 2.05) is 0 Å². The Hall–Kier alpha value is -4.90. The Morgan fingerprint density at radius 2 is 1.29 bits per heavy atom. The molecule has 0 fully saturated rings. The normalized spacial score (nSPS) is 14.8. The molecule has 0 saturated heterocycles. The average molecular weight is 488 g/mol. The predicted molar refractivity (Wildman–Crippen MR) is 154 cm³/mol. The van der Waals surface area contributed by atoms with Crippen molar-refractivity contribution in [2.45, 2.75) is 19.3 Å². The van der Waals surface area contributed by atoms with Crippen molar-refractivity contribution in [2.24, 2.45) is 0 Å². The summed E-state index contributed by atoms with van der Waals surface area (Å²) in [6.07, 6.45) is 0. The van der Waals surface area contributed by atoms with Gasteiger partial charge in [-0.05, 0) is 63.4 Å². The second kappa shape index (κ2) is 5.97. The van der Waals surface area contributed by atoms with Gasteiger partial charge in [0.2, 0.25) is 11.6 Å². The standard InChI is InChI=1S/C33H21N5/c1-33(2)22-11-6-5-10-20(22)21-14-15-24-29(28(21)33)35-32-36(24)25-12-7-13-26-30(25)38(32)31-34-23-16-18-8-3-4-9-19(18)17-27(23)37(26)31/h3-17H,1-2H3. The van der Waals surface area contributed by atoms with Crippen LogP contribution in [0.1, 0.15) is 25.0 Å². The summed E-state index contributed by atoms with van der Waals surface area (Å²) in [4.78, 5) is 10.6. The van der Waals surface area contributed by atoms with Crippen molar-refractivity contribution >= 4 is 60.9 Å². The molecule has 0 amide bonds. The molecule has 0 atom stereocenters. The molecule has 4 aromatic heterocycles. The van der Waals surface area contributed by atoms with E-state index >= 15 is 0 Å². The van der Waals surface area contributed by atoms with Crippen LogP contribution in [0.5, 0.6) is 0 Å². The largest absolute Gasteiger partial charge is 0.276 e. The fourth-order valence-electron chi connectivity index (χ4n) is 7.31. The van der Waals surface area contributed by atoms with Crippen molar-refractivity contribution in [3.05, 3.63) is 102 Å². The molecule has 1 aliphatic carbocycles. The van der Waals surface area contributed by atoms with Crippen LogP contribution in [-0.2, 0) is 5.41 Å². The van der Waals surface area contributed by atoms with E-state index in [9.17, 15) is 0 Å². The van der Waals surface area contributed by atoms with E-state index in [4.69, 9.17) is 9.97 Å². The molecule has 5 heteroatoms. The van der Waals surface area contributed by atoms with Crippen LogP contribution in [0.2, 0.25) is 0 Å². The van der Waals surface area contributed by atoms with Crippen LogP contribution in [0.3, 0.4) is 0 Å². The lowest BCUT2D eigenvalue weighted by molar-refractivity contribution is 0.665. The molecular weight excluding hydrogens is 466 g/mol. The minimum absolute atomic E-state index is 0.121. The molecule has 0 N–H and O–H groups in total. The molecule has 4 heterocycles. The summed E-state index contributed by atoms with van der Waals surface area (Å²) >= 11 is 0. The molecule has 0 unspecified atom stereocenters. The number of hydrogen-bond acceptors (Lipinski definition) is 2. The van der Waals surface area contributed by atoms with Crippen molar-refractivity contribution in [1.29, 1.82) is 0 Å². The smallest absolute Gasteiger partial charge is 0.223 e. The first-order valence-corrected chi connectivity index (χ1v) is 13.1. The van der Waals surface area contributed by atoms with E-state index in [0.29, 0.717) is 0 Å². The van der Waals surface area contributed by atoms with Crippen LogP contribution in [0, 0.1) is 0 Å². The predicted octanol–water partition coefficient (Wildman–Crippen LogP) is 7.59. The molecule has 0 bridgehead atoms. The molecule has 0 spiro atoms. The fourth-order valence-corrected chi connectivity index (χ4v) is 7.31. The Morgan fingerprint density at radius 3 is 2.13 bits per heavy atom. The Kier molecular flexibility index (Phi) is 3.02. The summed E-state index contributed by atoms with van der Waals surface area (Å²) in [5, 5.41) is 2.43. The quantitative estimate of drug-likeness (QED) is 0.221. The molecule has 0 radical (unpaired) electrons. The molecule has 0 aliphatic heterocycles. The maximum atomic E-state index is 5.40. The van der Waals surface area contributed by atoms with E-state index in [2.05, 4.69) is 118 Å². The number of para-hydroxylation sites is 1. The van der Waals surface area contributed by atoms with Crippen LogP contribution in [-0.4, -0.2) is 23.2 Å². The Balaban J connectivity index is 1.41. The highest BCUT2D eigenvalue weighted by atomic mass is 15.3. The zero-order valence-electron chi connectivity index (χ0n) is 20.9. The number of rotatable bonds is 0. The maximum absolute atomic E-state index is 5.40. The Labute approximate surface area is 216 Å². The Bertz CT molecular complexity index is 2480. The SMILES string of the molecule is CC1(C)c2ccccc2-c2ccc3c(nc4n3c3cccc5c3n4c3nc4cc6ccccc6cc4n53)c21. The lowest BCUT2D eigenvalue weighted by Gasteiger charge is -2.21. The number of fused-ring (bicyclic) bond motifs is 15. The van der Waals surface area contributed by atoms with Gasteiger partial charge in [-0.15, -0.1) is 0 Å². The van der Waals surface area contributed by atoms with Crippen molar-refractivity contribution in [3.8, 4) is 11.1 Å². The van der Waals surface area contributed by atoms with Crippen molar-refractivity contribution in [1.82, 2.24) is 23.2 Å². The van der Waals surface area contributed by atoms with Gasteiger partial charge in [0.15, 0.2) is 0 Å². The minimum atomic E-state index is -0.121. The molecule has 5 aromatic carbocycles. The number of imidazole rings is 4. The molecule has 178 valence electrons. The number of aromatic nitrogens is 5. The van der Waals surface area contributed by atoms with Gasteiger partial charge in [-0.2, -0.15) is 0 Å². The fraction of sp³-hybridized carbons (Fsp3) is 0.0909. The van der Waals surface area contributed by atoms with Gasteiger partial charge in [0.05, 0.1) is 33.1 Å². The lowest BCUT2D eigenvalue weighted by atomic mass is 9.82. The number of hydrogen-bond donors (Lipinski definition) is 0. The zero-order chi connectivity index (χ0) is 24.9. The van der Waals surface area contributed by atoms with Crippen LogP contribution in [0.25, 0.3) is 72.1 Å². The lowest BCUT2D eigenvalue weighted by Crippen LogP contribution is -2.15. The maximum Gasteiger partial charge on any atom is 0.223 e. The van der Waals surface area contributed by atoms with Gasteiger partial charge in [0.1, 0.15) is 5.52 Å². The summed E-state index contributed by atoms with van der Waals surface area (Å²) in [6, 6.07) is 32.9. The average Bonchev–Trinajstić information content (AvgIpc) is 3.69. The second-order valence-corrected chi connectivity index (χ2v) is 11.2. The highest BCUT2D eigenvalue weighted by molar-refractivity contribution is 6.06. The molecular formula is C33H21N5. The molecule has 38 heavy (non-hydrogen) atoms. The second-order valence-electron chi connectivity index (χ2n) is 11.2. The van der Waals surface area contributed by atoms with Gasteiger partial charge in [0.25, 0.3) is 0 Å². The number of nitrogens with zero attached hydrogens (tertiary/aromatic N) is 5. The first-order chi connectivity index (χ1) is 18.6. The minimum Gasteiger partial charge on any atom is -0.276 e. The van der Waals surface area contributed by atoms with Gasteiger partial charge < -0.3 is 0 Å². The molecule has 9 aromatic rings. The summed E-state index contributed by atoms with van der Waals surface area (Å²) in [6.45, 7) is 4.65. The molecule has 10 rings (SSSR count). The monoisotopic (exact) mass is 487 g/mol. The third kappa shape index (κ3) is 1.95. The number of benzene rings is 5. The topological polar surface area (TPSA) is 39.0 Å². The van der Waals surface area contributed by atoms with E-state index < -0.39 is 0 Å². The third-order valence-electron chi connectivity index (χ3n) is 8.93. The van der Waals surface area contributed by atoms with Gasteiger partial charge in [0, 0.05) is 5.41 Å². The van der Waals surface area contributed by atoms with Gasteiger partial charge >= 0.3 is 0 Å². The molecule has 0 saturated carbocycles. The van der Waals surface area contributed by atoms with E-state index in [-0.39, 0.29) is 5.41 Å². The summed E-state index contributed by atoms with van der Waals surface area (Å²) in [7, 11) is 0. The van der Waals surface area contributed by atoms with E-state index in [1.165, 1.54) is 33.0 Å². The molecule has 1 aliphatic rings. The summed E-state index contributed by atoms with van der Waals surface area (Å²) in [5.41, 5.74) is 13.0. The van der Waals surface area contributed by atoms with Crippen molar-refractivity contribution in [3.63, 3.8) is 0 Å². The van der Waals surface area contributed by atoms with Crippen molar-refractivity contribution in [2.75, 3.05) is 0 Å².